The number of nitrogens with one attached hydrogen (secondary N) is 1. The molecule has 0 unspecified atom stereocenters. The number of nitrogens with zero attached hydrogens (tertiary/aromatic N) is 2. The number of benzene rings is 1. The first-order valence-corrected chi connectivity index (χ1v) is 9.03. The average molecular weight is 391 g/mol. The van der Waals surface area contributed by atoms with Gasteiger partial charge in [0, 0.05) is 61.2 Å². The van der Waals surface area contributed by atoms with Crippen LogP contribution in [0.4, 0.5) is 15.9 Å². The monoisotopic (exact) mass is 390 g/mol. The van der Waals surface area contributed by atoms with Crippen LogP contribution in [0.3, 0.4) is 0 Å². The molecule has 4 N–H and O–H groups in total. The van der Waals surface area contributed by atoms with Crippen molar-refractivity contribution in [3.8, 4) is 11.1 Å². The molecule has 1 aliphatic heterocycles. The van der Waals surface area contributed by atoms with Crippen LogP contribution in [0.5, 0.6) is 0 Å². The van der Waals surface area contributed by atoms with Crippen molar-refractivity contribution >= 4 is 29.0 Å². The van der Waals surface area contributed by atoms with Crippen molar-refractivity contribution in [1.29, 1.82) is 0 Å². The molecule has 0 radical (unpaired) electrons. The van der Waals surface area contributed by atoms with E-state index in [0.717, 1.165) is 12.0 Å². The maximum atomic E-state index is 15.2. The highest BCUT2D eigenvalue weighted by Crippen LogP contribution is 2.61. The number of fused-ring (bicyclic) bond motifs is 2. The van der Waals surface area contributed by atoms with Crippen molar-refractivity contribution in [1.82, 2.24) is 9.88 Å². The van der Waals surface area contributed by atoms with Gasteiger partial charge in [0.15, 0.2) is 0 Å². The quantitative estimate of drug-likeness (QED) is 0.700. The van der Waals surface area contributed by atoms with Gasteiger partial charge in [0.25, 0.3) is 5.91 Å². The zero-order chi connectivity index (χ0) is 19.5. The number of carbonyl (C=O) groups is 1. The van der Waals surface area contributed by atoms with Crippen LogP contribution in [0.1, 0.15) is 22.3 Å². The summed E-state index contributed by atoms with van der Waals surface area (Å²) < 4.78 is 15.2. The largest absolute Gasteiger partial charge is 0.398 e. The fourth-order valence-electron chi connectivity index (χ4n) is 3.98. The van der Waals surface area contributed by atoms with Gasteiger partial charge in [-0.2, -0.15) is 0 Å². The number of hydrogen-bond acceptors (Lipinski definition) is 5. The summed E-state index contributed by atoms with van der Waals surface area (Å²) in [5, 5.41) is 13.2. The molecule has 1 spiro atoms. The number of aliphatic hydroxyl groups is 1. The van der Waals surface area contributed by atoms with Crippen LogP contribution in [0, 0.1) is 11.7 Å². The van der Waals surface area contributed by atoms with E-state index in [1.807, 2.05) is 0 Å². The summed E-state index contributed by atoms with van der Waals surface area (Å²) in [5.74, 6) is -0.451. The van der Waals surface area contributed by atoms with Gasteiger partial charge in [-0.05, 0) is 24.5 Å². The lowest BCUT2D eigenvalue weighted by atomic mass is 9.93. The number of hydrogen-bond donors (Lipinski definition) is 3. The molecule has 2 heterocycles. The Balaban J connectivity index is 1.87. The first-order chi connectivity index (χ1) is 12.8. The molecule has 0 saturated heterocycles. The molecule has 1 saturated carbocycles. The summed E-state index contributed by atoms with van der Waals surface area (Å²) >= 11 is 6.69. The zero-order valence-corrected chi connectivity index (χ0v) is 15.8. The van der Waals surface area contributed by atoms with Gasteiger partial charge in [0.05, 0.1) is 10.6 Å². The fourth-order valence-corrected chi connectivity index (χ4v) is 4.41. The van der Waals surface area contributed by atoms with Crippen molar-refractivity contribution in [3.05, 3.63) is 40.3 Å². The van der Waals surface area contributed by atoms with Gasteiger partial charge in [0.2, 0.25) is 0 Å². The molecule has 2 aliphatic rings. The predicted octanol–water partition coefficient (Wildman–Crippen LogP) is 2.50. The number of carbonyl (C=O) groups excluding carboxylic acids is 1. The van der Waals surface area contributed by atoms with Gasteiger partial charge in [-0.25, -0.2) is 9.37 Å². The molecule has 1 fully saturated rings. The fraction of sp³-hybridized carbons (Fsp3) is 0.368. The van der Waals surface area contributed by atoms with Crippen LogP contribution in [-0.2, 0) is 5.41 Å². The lowest BCUT2D eigenvalue weighted by Crippen LogP contribution is -2.24. The molecule has 27 heavy (non-hydrogen) atoms. The summed E-state index contributed by atoms with van der Waals surface area (Å²) in [4.78, 5) is 18.0. The van der Waals surface area contributed by atoms with E-state index < -0.39 is 11.7 Å². The van der Waals surface area contributed by atoms with Crippen molar-refractivity contribution in [2.24, 2.45) is 5.92 Å². The van der Waals surface area contributed by atoms with Gasteiger partial charge < -0.3 is 21.1 Å². The second-order valence-corrected chi connectivity index (χ2v) is 7.77. The highest BCUT2D eigenvalue weighted by Gasteiger charge is 2.59. The number of amides is 1. The molecule has 2 atom stereocenters. The Hall–Kier alpha value is -2.38. The Kier molecular flexibility index (Phi) is 4.05. The molecule has 8 heteroatoms. The van der Waals surface area contributed by atoms with Gasteiger partial charge in [-0.1, -0.05) is 11.6 Å². The molecule has 6 nitrogen and oxygen atoms in total. The third-order valence-corrected chi connectivity index (χ3v) is 6.01. The Morgan fingerprint density at radius 3 is 2.85 bits per heavy atom. The maximum absolute atomic E-state index is 15.2. The van der Waals surface area contributed by atoms with Gasteiger partial charge in [-0.3, -0.25) is 4.79 Å². The second-order valence-electron chi connectivity index (χ2n) is 7.39. The molecule has 1 aromatic heterocycles. The van der Waals surface area contributed by atoms with Crippen LogP contribution in [-0.4, -0.2) is 48.1 Å². The summed E-state index contributed by atoms with van der Waals surface area (Å²) in [6, 6.07) is 3.01. The molecule has 1 aliphatic carbocycles. The van der Waals surface area contributed by atoms with E-state index in [-0.39, 0.29) is 34.8 Å². The number of halogens is 2. The van der Waals surface area contributed by atoms with Crippen molar-refractivity contribution < 1.29 is 14.3 Å². The van der Waals surface area contributed by atoms with Crippen LogP contribution >= 0.6 is 11.6 Å². The molecule has 142 valence electrons. The number of rotatable bonds is 3. The molecular weight excluding hydrogens is 371 g/mol. The van der Waals surface area contributed by atoms with Crippen molar-refractivity contribution in [2.45, 2.75) is 11.8 Å². The Morgan fingerprint density at radius 1 is 1.48 bits per heavy atom. The average Bonchev–Trinajstić information content (AvgIpc) is 3.21. The van der Waals surface area contributed by atoms with Crippen LogP contribution < -0.4 is 11.1 Å². The second kappa shape index (κ2) is 6.07. The van der Waals surface area contributed by atoms with E-state index >= 15 is 4.39 Å². The van der Waals surface area contributed by atoms with E-state index in [9.17, 15) is 9.90 Å². The smallest absolute Gasteiger partial charge is 0.258 e. The molecule has 1 aromatic carbocycles. The number of nitrogen functional groups attached to an aromatic ring is 1. The Bertz CT molecular complexity index is 965. The number of aliphatic hydroxyl groups excluding tert-OH is 1. The molecule has 2 aromatic rings. The number of nitrogens with two attached hydrogens (primary N) is 1. The summed E-state index contributed by atoms with van der Waals surface area (Å²) in [6.45, 7) is 0.720. The van der Waals surface area contributed by atoms with E-state index in [2.05, 4.69) is 10.3 Å². The summed E-state index contributed by atoms with van der Waals surface area (Å²) in [7, 11) is 3.07. The van der Waals surface area contributed by atoms with Crippen molar-refractivity contribution in [3.63, 3.8) is 0 Å². The van der Waals surface area contributed by atoms with E-state index in [1.54, 1.807) is 0 Å². The third kappa shape index (κ3) is 2.49. The minimum absolute atomic E-state index is 0.0688. The van der Waals surface area contributed by atoms with E-state index in [0.29, 0.717) is 22.9 Å². The summed E-state index contributed by atoms with van der Waals surface area (Å²) in [6.07, 6.45) is 2.31. The maximum Gasteiger partial charge on any atom is 0.258 e. The number of anilines is 2. The molecule has 1 amide bonds. The van der Waals surface area contributed by atoms with Gasteiger partial charge in [0.1, 0.15) is 11.6 Å². The predicted molar refractivity (Wildman–Crippen MR) is 102 cm³/mol. The highest BCUT2D eigenvalue weighted by molar-refractivity contribution is 6.34. The molecule has 4 rings (SSSR count). The zero-order valence-electron chi connectivity index (χ0n) is 15.0. The number of aromatic nitrogens is 1. The highest BCUT2D eigenvalue weighted by atomic mass is 35.5. The standard InChI is InChI=1S/C19H20ClFN4O2/c1-25(2)18(27)13-12(22)4-3-10(16(13)21)11-6-23-17-14(15(11)20)19(8-24-17)5-9(19)7-26/h3-4,6,9,26H,5,7-8,22H2,1-2H3,(H,23,24)/t9-,19-/m1/s1. The minimum atomic E-state index is -0.716. The Labute approximate surface area is 161 Å². The lowest BCUT2D eigenvalue weighted by Gasteiger charge is -2.17. The van der Waals surface area contributed by atoms with E-state index in [1.165, 1.54) is 37.3 Å². The van der Waals surface area contributed by atoms with Crippen molar-refractivity contribution in [2.75, 3.05) is 38.3 Å². The first-order valence-electron chi connectivity index (χ1n) is 8.65. The Morgan fingerprint density at radius 2 is 2.22 bits per heavy atom. The van der Waals surface area contributed by atoms with E-state index in [4.69, 9.17) is 17.3 Å². The normalized spacial score (nSPS) is 22.5. The third-order valence-electron chi connectivity index (χ3n) is 5.62. The lowest BCUT2D eigenvalue weighted by molar-refractivity contribution is 0.0824. The molecular formula is C19H20ClFN4O2. The topological polar surface area (TPSA) is 91.5 Å². The van der Waals surface area contributed by atoms with Crippen LogP contribution in [0.2, 0.25) is 5.02 Å². The SMILES string of the molecule is CN(C)C(=O)c1c(N)ccc(-c2cnc3c(c2Cl)[C@@]2(CN3)C[C@@H]2CO)c1F. The van der Waals surface area contributed by atoms with Crippen LogP contribution in [0.25, 0.3) is 11.1 Å². The summed E-state index contributed by atoms with van der Waals surface area (Å²) in [5.41, 5.74) is 6.89. The first kappa shape index (κ1) is 18.0. The number of pyridine rings is 1. The minimum Gasteiger partial charge on any atom is -0.398 e. The molecule has 0 bridgehead atoms. The van der Waals surface area contributed by atoms with Crippen LogP contribution in [0.15, 0.2) is 18.3 Å². The van der Waals surface area contributed by atoms with Gasteiger partial charge >= 0.3 is 0 Å². The van der Waals surface area contributed by atoms with Gasteiger partial charge in [-0.15, -0.1) is 0 Å².